The Bertz CT molecular complexity index is 298. The van der Waals surface area contributed by atoms with Gasteiger partial charge in [-0.25, -0.2) is 0 Å². The van der Waals surface area contributed by atoms with Gasteiger partial charge in [0.05, 0.1) is 6.10 Å². The molecular weight excluding hydrogens is 417 g/mol. The molecule has 5 nitrogen and oxygen atoms in total. The van der Waals surface area contributed by atoms with Crippen LogP contribution in [-0.2, 0) is 9.47 Å². The number of nitrogens with one attached hydrogen (secondary N) is 2. The van der Waals surface area contributed by atoms with Crippen LogP contribution in [0.3, 0.4) is 0 Å². The average Bonchev–Trinajstić information content (AvgIpc) is 2.59. The van der Waals surface area contributed by atoms with Crippen LogP contribution in [0.4, 0.5) is 0 Å². The van der Waals surface area contributed by atoms with Crippen LogP contribution in [-0.4, -0.2) is 52.0 Å². The fourth-order valence-electron chi connectivity index (χ4n) is 2.71. The van der Waals surface area contributed by atoms with E-state index in [1.807, 2.05) is 7.05 Å². The summed E-state index contributed by atoms with van der Waals surface area (Å²) in [6, 6.07) is 0. The van der Waals surface area contributed by atoms with E-state index in [9.17, 15) is 0 Å². The largest absolute Gasteiger partial charge is 0.381 e. The Balaban J connectivity index is 0.00000529. The Morgan fingerprint density at radius 3 is 2.21 bits per heavy atom. The lowest BCUT2D eigenvalue weighted by atomic mass is 9.98. The SMILES string of the molecule is CCCCOCCCNC(=NC)NCCCOC1CCCCC1.I. The molecule has 0 aromatic heterocycles. The number of halogens is 1. The van der Waals surface area contributed by atoms with Crippen molar-refractivity contribution in [1.29, 1.82) is 0 Å². The van der Waals surface area contributed by atoms with E-state index in [0.717, 1.165) is 58.1 Å². The third-order valence-corrected chi connectivity index (χ3v) is 4.14. The van der Waals surface area contributed by atoms with Gasteiger partial charge in [0.2, 0.25) is 0 Å². The van der Waals surface area contributed by atoms with Gasteiger partial charge in [0, 0.05) is 40.0 Å². The highest BCUT2D eigenvalue weighted by Crippen LogP contribution is 2.20. The molecule has 0 aliphatic heterocycles. The van der Waals surface area contributed by atoms with Crippen molar-refractivity contribution in [2.75, 3.05) is 40.0 Å². The molecule has 24 heavy (non-hydrogen) atoms. The number of rotatable bonds is 12. The van der Waals surface area contributed by atoms with Crippen LogP contribution in [0.5, 0.6) is 0 Å². The second-order valence-corrected chi connectivity index (χ2v) is 6.23. The van der Waals surface area contributed by atoms with Gasteiger partial charge < -0.3 is 20.1 Å². The summed E-state index contributed by atoms with van der Waals surface area (Å²) in [4.78, 5) is 4.24. The van der Waals surface area contributed by atoms with E-state index in [1.165, 1.54) is 38.5 Å². The summed E-state index contributed by atoms with van der Waals surface area (Å²) in [6.45, 7) is 6.52. The molecule has 144 valence electrons. The monoisotopic (exact) mass is 455 g/mol. The van der Waals surface area contributed by atoms with Gasteiger partial charge in [-0.15, -0.1) is 24.0 Å². The minimum atomic E-state index is 0. The first-order chi connectivity index (χ1) is 11.4. The molecule has 0 radical (unpaired) electrons. The van der Waals surface area contributed by atoms with Crippen LogP contribution in [0.15, 0.2) is 4.99 Å². The zero-order valence-corrected chi connectivity index (χ0v) is 18.0. The number of nitrogens with zero attached hydrogens (tertiary/aromatic N) is 1. The number of ether oxygens (including phenoxy) is 2. The predicted molar refractivity (Wildman–Crippen MR) is 113 cm³/mol. The summed E-state index contributed by atoms with van der Waals surface area (Å²) in [5.74, 6) is 0.872. The van der Waals surface area contributed by atoms with Crippen molar-refractivity contribution in [2.24, 2.45) is 4.99 Å². The minimum absolute atomic E-state index is 0. The molecule has 2 N–H and O–H groups in total. The van der Waals surface area contributed by atoms with E-state index in [4.69, 9.17) is 9.47 Å². The number of unbranched alkanes of at least 4 members (excludes halogenated alkanes) is 1. The molecule has 0 saturated heterocycles. The molecule has 1 fully saturated rings. The van der Waals surface area contributed by atoms with Gasteiger partial charge in [-0.3, -0.25) is 4.99 Å². The molecule has 6 heteroatoms. The van der Waals surface area contributed by atoms with Crippen molar-refractivity contribution in [3.8, 4) is 0 Å². The Morgan fingerprint density at radius 2 is 1.58 bits per heavy atom. The van der Waals surface area contributed by atoms with Crippen LogP contribution in [0, 0.1) is 0 Å². The molecule has 0 aromatic carbocycles. The highest BCUT2D eigenvalue weighted by Gasteiger charge is 2.12. The first kappa shape index (κ1) is 23.9. The number of hydrogen-bond acceptors (Lipinski definition) is 3. The van der Waals surface area contributed by atoms with Crippen molar-refractivity contribution in [3.05, 3.63) is 0 Å². The van der Waals surface area contributed by atoms with Gasteiger partial charge >= 0.3 is 0 Å². The zero-order valence-electron chi connectivity index (χ0n) is 15.6. The average molecular weight is 455 g/mol. The summed E-state index contributed by atoms with van der Waals surface area (Å²) in [6.07, 6.45) is 11.4. The lowest BCUT2D eigenvalue weighted by Gasteiger charge is -2.22. The smallest absolute Gasteiger partial charge is 0.190 e. The molecule has 0 unspecified atom stereocenters. The summed E-state index contributed by atoms with van der Waals surface area (Å²) in [5, 5.41) is 6.66. The van der Waals surface area contributed by atoms with Crippen LogP contribution in [0.25, 0.3) is 0 Å². The van der Waals surface area contributed by atoms with Crippen molar-refractivity contribution in [3.63, 3.8) is 0 Å². The highest BCUT2D eigenvalue weighted by molar-refractivity contribution is 14.0. The summed E-state index contributed by atoms with van der Waals surface area (Å²) < 4.78 is 11.5. The maximum atomic E-state index is 5.93. The van der Waals surface area contributed by atoms with Crippen molar-refractivity contribution in [2.45, 2.75) is 70.8 Å². The van der Waals surface area contributed by atoms with Crippen LogP contribution >= 0.6 is 24.0 Å². The zero-order chi connectivity index (χ0) is 16.6. The standard InChI is InChI=1S/C18H37N3O2.HI/c1-3-4-14-22-15-8-12-20-18(19-2)21-13-9-16-23-17-10-6-5-7-11-17;/h17H,3-16H2,1-2H3,(H2,19,20,21);1H. The van der Waals surface area contributed by atoms with E-state index in [1.54, 1.807) is 0 Å². The number of guanidine groups is 1. The van der Waals surface area contributed by atoms with Crippen molar-refractivity contribution in [1.82, 2.24) is 10.6 Å². The molecule has 0 atom stereocenters. The van der Waals surface area contributed by atoms with E-state index in [-0.39, 0.29) is 24.0 Å². The molecule has 0 bridgehead atoms. The molecule has 1 saturated carbocycles. The van der Waals surface area contributed by atoms with Gasteiger partial charge in [-0.05, 0) is 32.1 Å². The molecule has 0 heterocycles. The minimum Gasteiger partial charge on any atom is -0.381 e. The summed E-state index contributed by atoms with van der Waals surface area (Å²) in [7, 11) is 1.81. The lowest BCUT2D eigenvalue weighted by Crippen LogP contribution is -2.38. The fraction of sp³-hybridized carbons (Fsp3) is 0.944. The van der Waals surface area contributed by atoms with Crippen molar-refractivity contribution >= 4 is 29.9 Å². The van der Waals surface area contributed by atoms with Gasteiger partial charge in [0.15, 0.2) is 5.96 Å². The second-order valence-electron chi connectivity index (χ2n) is 6.23. The van der Waals surface area contributed by atoms with E-state index in [2.05, 4.69) is 22.5 Å². The van der Waals surface area contributed by atoms with Gasteiger partial charge in [0.25, 0.3) is 0 Å². The third-order valence-electron chi connectivity index (χ3n) is 4.14. The number of hydrogen-bond donors (Lipinski definition) is 2. The van der Waals surface area contributed by atoms with Gasteiger partial charge in [-0.2, -0.15) is 0 Å². The Morgan fingerprint density at radius 1 is 0.958 bits per heavy atom. The van der Waals surface area contributed by atoms with Crippen LogP contribution in [0.2, 0.25) is 0 Å². The molecular formula is C18H38IN3O2. The molecule has 0 spiro atoms. The molecule has 1 aliphatic rings. The van der Waals surface area contributed by atoms with E-state index >= 15 is 0 Å². The fourth-order valence-corrected chi connectivity index (χ4v) is 2.71. The van der Waals surface area contributed by atoms with Gasteiger partial charge in [0.1, 0.15) is 0 Å². The Kier molecular flexibility index (Phi) is 17.7. The Hall–Kier alpha value is -0.0800. The second kappa shape index (κ2) is 17.7. The maximum Gasteiger partial charge on any atom is 0.190 e. The molecule has 0 aromatic rings. The first-order valence-electron chi connectivity index (χ1n) is 9.50. The van der Waals surface area contributed by atoms with E-state index < -0.39 is 0 Å². The molecule has 1 rings (SSSR count). The quantitative estimate of drug-likeness (QED) is 0.204. The lowest BCUT2D eigenvalue weighted by molar-refractivity contribution is 0.0277. The summed E-state index contributed by atoms with van der Waals surface area (Å²) in [5.41, 5.74) is 0. The predicted octanol–water partition coefficient (Wildman–Crippen LogP) is 3.72. The van der Waals surface area contributed by atoms with Crippen molar-refractivity contribution < 1.29 is 9.47 Å². The molecule has 0 amide bonds. The topological polar surface area (TPSA) is 54.9 Å². The van der Waals surface area contributed by atoms with Crippen LogP contribution < -0.4 is 10.6 Å². The Labute approximate surface area is 165 Å². The van der Waals surface area contributed by atoms with E-state index in [0.29, 0.717) is 6.10 Å². The van der Waals surface area contributed by atoms with Gasteiger partial charge in [-0.1, -0.05) is 32.6 Å². The highest BCUT2D eigenvalue weighted by atomic mass is 127. The first-order valence-corrected chi connectivity index (χ1v) is 9.50. The maximum absolute atomic E-state index is 5.93. The third kappa shape index (κ3) is 13.2. The molecule has 1 aliphatic carbocycles. The summed E-state index contributed by atoms with van der Waals surface area (Å²) >= 11 is 0. The normalized spacial score (nSPS) is 15.8. The number of aliphatic imine (C=N–C) groups is 1. The van der Waals surface area contributed by atoms with Crippen LogP contribution in [0.1, 0.15) is 64.7 Å².